The van der Waals surface area contributed by atoms with E-state index in [-0.39, 0.29) is 18.5 Å². The maximum absolute atomic E-state index is 13.7. The summed E-state index contributed by atoms with van der Waals surface area (Å²) in [5.74, 6) is 2.95. The van der Waals surface area contributed by atoms with Crippen molar-refractivity contribution in [2.75, 3.05) is 45.8 Å². The zero-order valence-electron chi connectivity index (χ0n) is 23.7. The van der Waals surface area contributed by atoms with Gasteiger partial charge in [-0.25, -0.2) is 9.78 Å². The minimum absolute atomic E-state index is 0.0528. The van der Waals surface area contributed by atoms with Crippen molar-refractivity contribution in [3.8, 4) is 11.5 Å². The molecule has 1 saturated heterocycles. The number of hydrogen-bond donors (Lipinski definition) is 0. The molecule has 2 aromatic heterocycles. The lowest BCUT2D eigenvalue weighted by molar-refractivity contribution is -0.129. The number of aromatic nitrogens is 2. The molecule has 1 aliphatic carbocycles. The second-order valence-corrected chi connectivity index (χ2v) is 11.5. The van der Waals surface area contributed by atoms with Gasteiger partial charge in [0.1, 0.15) is 12.2 Å². The number of urea groups is 1. The van der Waals surface area contributed by atoms with Crippen LogP contribution in [0.25, 0.3) is 11.0 Å². The van der Waals surface area contributed by atoms with Crippen LogP contribution in [0.15, 0.2) is 36.7 Å². The number of benzene rings is 1. The van der Waals surface area contributed by atoms with Gasteiger partial charge in [-0.15, -0.1) is 0 Å². The van der Waals surface area contributed by atoms with Gasteiger partial charge in [0.15, 0.2) is 11.5 Å². The van der Waals surface area contributed by atoms with Crippen LogP contribution in [0.4, 0.5) is 10.5 Å². The molecule has 3 amide bonds. The first-order chi connectivity index (χ1) is 19.3. The molecular formula is C30H38ClN5O4. The third kappa shape index (κ3) is 5.99. The Hall–Kier alpha value is -3.46. The third-order valence-corrected chi connectivity index (χ3v) is 8.27. The minimum Gasteiger partial charge on any atom is -0.493 e. The minimum atomic E-state index is -0.0756. The van der Waals surface area contributed by atoms with Gasteiger partial charge in [-0.05, 0) is 61.3 Å². The summed E-state index contributed by atoms with van der Waals surface area (Å²) in [5, 5.41) is 1.28. The van der Waals surface area contributed by atoms with Gasteiger partial charge in [0.05, 0.1) is 18.7 Å². The van der Waals surface area contributed by atoms with Crippen LogP contribution in [0.2, 0.25) is 5.02 Å². The van der Waals surface area contributed by atoms with E-state index >= 15 is 0 Å². The average Bonchev–Trinajstić information content (AvgIpc) is 3.56. The second kappa shape index (κ2) is 12.0. The van der Waals surface area contributed by atoms with Crippen molar-refractivity contribution in [1.29, 1.82) is 0 Å². The molecular weight excluding hydrogens is 530 g/mol. The Morgan fingerprint density at radius 2 is 2.00 bits per heavy atom. The standard InChI is InChI=1S/C30H38ClN5O4/c1-20-15-21(20)7-5-14-40-26-16-23(8-9-25(26)39-4)36-13-6-12-34(30(36)38)17-22-10-11-32-29-28(22)24(31)18-35(29)19-27(37)33(2)3/h8-11,16,18,20-21H,5-7,12-15,17,19H2,1-4H3/t20-,21-/m1/s1. The summed E-state index contributed by atoms with van der Waals surface area (Å²) >= 11 is 6.63. The van der Waals surface area contributed by atoms with E-state index in [4.69, 9.17) is 21.1 Å². The van der Waals surface area contributed by atoms with Crippen LogP contribution in [-0.2, 0) is 17.9 Å². The molecule has 1 aliphatic heterocycles. The number of halogens is 1. The topological polar surface area (TPSA) is 80.1 Å². The highest BCUT2D eigenvalue weighted by Gasteiger charge is 2.31. The van der Waals surface area contributed by atoms with Gasteiger partial charge in [0.25, 0.3) is 0 Å². The van der Waals surface area contributed by atoms with Crippen LogP contribution < -0.4 is 14.4 Å². The van der Waals surface area contributed by atoms with E-state index in [1.54, 1.807) is 43.1 Å². The summed E-state index contributed by atoms with van der Waals surface area (Å²) in [6.07, 6.45) is 7.78. The van der Waals surface area contributed by atoms with Crippen LogP contribution in [0.1, 0.15) is 38.2 Å². The van der Waals surface area contributed by atoms with Crippen molar-refractivity contribution in [1.82, 2.24) is 19.4 Å². The fourth-order valence-corrected chi connectivity index (χ4v) is 5.74. The first-order valence-corrected chi connectivity index (χ1v) is 14.3. The number of rotatable bonds is 11. The molecule has 3 aromatic rings. The lowest BCUT2D eigenvalue weighted by atomic mass is 10.1. The molecule has 2 atom stereocenters. The molecule has 0 spiro atoms. The number of nitrogens with zero attached hydrogens (tertiary/aromatic N) is 5. The van der Waals surface area contributed by atoms with E-state index in [9.17, 15) is 9.59 Å². The molecule has 2 aliphatic rings. The van der Waals surface area contributed by atoms with E-state index in [1.807, 2.05) is 29.2 Å². The van der Waals surface area contributed by atoms with Gasteiger partial charge in [-0.3, -0.25) is 9.69 Å². The van der Waals surface area contributed by atoms with E-state index in [0.29, 0.717) is 48.4 Å². The highest BCUT2D eigenvalue weighted by Crippen LogP contribution is 2.41. The molecule has 2 fully saturated rings. The van der Waals surface area contributed by atoms with Crippen molar-refractivity contribution >= 4 is 40.3 Å². The Bertz CT molecular complexity index is 1390. The van der Waals surface area contributed by atoms with Gasteiger partial charge < -0.3 is 23.8 Å². The van der Waals surface area contributed by atoms with E-state index in [0.717, 1.165) is 41.3 Å². The Labute approximate surface area is 240 Å². The number of amides is 3. The van der Waals surface area contributed by atoms with Gasteiger partial charge in [-0.1, -0.05) is 18.5 Å². The Balaban J connectivity index is 1.31. The number of anilines is 1. The van der Waals surface area contributed by atoms with Crippen LogP contribution in [0.3, 0.4) is 0 Å². The molecule has 5 rings (SSSR count). The highest BCUT2D eigenvalue weighted by molar-refractivity contribution is 6.35. The number of hydrogen-bond acceptors (Lipinski definition) is 5. The fourth-order valence-electron chi connectivity index (χ4n) is 5.42. The Kier molecular flexibility index (Phi) is 8.40. The summed E-state index contributed by atoms with van der Waals surface area (Å²) in [7, 11) is 5.07. The molecule has 3 heterocycles. The van der Waals surface area contributed by atoms with Crippen LogP contribution in [0, 0.1) is 11.8 Å². The number of likely N-dealkylation sites (N-methyl/N-ethyl adjacent to an activating group) is 1. The van der Waals surface area contributed by atoms with Crippen LogP contribution in [0.5, 0.6) is 11.5 Å². The number of methoxy groups -OCH3 is 1. The third-order valence-electron chi connectivity index (χ3n) is 7.99. The molecule has 0 N–H and O–H groups in total. The van der Waals surface area contributed by atoms with E-state index in [2.05, 4.69) is 11.9 Å². The SMILES string of the molecule is COc1ccc(N2CCCN(Cc3ccnc4c3c(Cl)cn4CC(=O)N(C)C)C2=O)cc1OCCC[C@@H]1C[C@H]1C. The Morgan fingerprint density at radius 3 is 2.73 bits per heavy atom. The molecule has 10 heteroatoms. The van der Waals surface area contributed by atoms with Crippen molar-refractivity contribution in [2.24, 2.45) is 11.8 Å². The van der Waals surface area contributed by atoms with E-state index < -0.39 is 0 Å². The molecule has 1 aromatic carbocycles. The van der Waals surface area contributed by atoms with Gasteiger partial charge in [-0.2, -0.15) is 0 Å². The summed E-state index contributed by atoms with van der Waals surface area (Å²) in [6, 6.07) is 7.49. The number of carbonyl (C=O) groups excluding carboxylic acids is 2. The lowest BCUT2D eigenvalue weighted by Crippen LogP contribution is -2.49. The summed E-state index contributed by atoms with van der Waals surface area (Å²) in [4.78, 5) is 35.7. The number of fused-ring (bicyclic) bond motifs is 1. The number of pyridine rings is 1. The van der Waals surface area contributed by atoms with Gasteiger partial charge >= 0.3 is 6.03 Å². The highest BCUT2D eigenvalue weighted by atomic mass is 35.5. The van der Waals surface area contributed by atoms with E-state index in [1.165, 1.54) is 17.7 Å². The maximum Gasteiger partial charge on any atom is 0.324 e. The zero-order valence-corrected chi connectivity index (χ0v) is 24.5. The van der Waals surface area contributed by atoms with Gasteiger partial charge in [0.2, 0.25) is 5.91 Å². The molecule has 1 saturated carbocycles. The monoisotopic (exact) mass is 567 g/mol. The van der Waals surface area contributed by atoms with Crippen molar-refractivity contribution in [3.63, 3.8) is 0 Å². The first kappa shape index (κ1) is 28.1. The average molecular weight is 568 g/mol. The molecule has 0 radical (unpaired) electrons. The number of ether oxygens (including phenoxy) is 2. The van der Waals surface area contributed by atoms with Crippen molar-refractivity contribution in [3.05, 3.63) is 47.2 Å². The summed E-state index contributed by atoms with van der Waals surface area (Å²) < 4.78 is 13.4. The zero-order chi connectivity index (χ0) is 28.4. The van der Waals surface area contributed by atoms with Gasteiger partial charge in [0, 0.05) is 63.3 Å². The quantitative estimate of drug-likeness (QED) is 0.289. The predicted octanol–water partition coefficient (Wildman–Crippen LogP) is 5.43. The number of carbonyl (C=O) groups is 2. The molecule has 0 unspecified atom stereocenters. The molecule has 9 nitrogen and oxygen atoms in total. The summed E-state index contributed by atoms with van der Waals surface area (Å²) in [6.45, 7) is 4.71. The predicted molar refractivity (Wildman–Crippen MR) is 156 cm³/mol. The molecule has 0 bridgehead atoms. The summed E-state index contributed by atoms with van der Waals surface area (Å²) in [5.41, 5.74) is 2.31. The van der Waals surface area contributed by atoms with Crippen molar-refractivity contribution < 1.29 is 19.1 Å². The maximum atomic E-state index is 13.7. The fraction of sp³-hybridized carbons (Fsp3) is 0.500. The lowest BCUT2D eigenvalue weighted by Gasteiger charge is -2.36. The van der Waals surface area contributed by atoms with Crippen LogP contribution >= 0.6 is 11.6 Å². The Morgan fingerprint density at radius 1 is 1.20 bits per heavy atom. The van der Waals surface area contributed by atoms with Crippen LogP contribution in [-0.4, -0.2) is 72.2 Å². The first-order valence-electron chi connectivity index (χ1n) is 14.0. The van der Waals surface area contributed by atoms with Crippen molar-refractivity contribution in [2.45, 2.75) is 45.7 Å². The second-order valence-electron chi connectivity index (χ2n) is 11.1. The largest absolute Gasteiger partial charge is 0.493 e. The molecule has 214 valence electrons. The smallest absolute Gasteiger partial charge is 0.324 e. The molecule has 40 heavy (non-hydrogen) atoms. The normalized spacial score (nSPS) is 18.8.